The number of pyridine rings is 1. The maximum atomic E-state index is 13.6. The molecule has 0 saturated heterocycles. The summed E-state index contributed by atoms with van der Waals surface area (Å²) in [6.45, 7) is 0. The lowest BCUT2D eigenvalue weighted by molar-refractivity contribution is 0.631. The third kappa shape index (κ3) is 1.74. The normalized spacial score (nSPS) is 10.9. The maximum absolute atomic E-state index is 13.6. The fourth-order valence-electron chi connectivity index (χ4n) is 1.78. The molecule has 2 aromatic heterocycles. The van der Waals surface area contributed by atoms with Crippen molar-refractivity contribution < 1.29 is 4.39 Å². The number of rotatable bonds is 1. The Kier molecular flexibility index (Phi) is 2.44. The van der Waals surface area contributed by atoms with Gasteiger partial charge in [-0.05, 0) is 40.2 Å². The first-order chi connectivity index (χ1) is 8.25. The molecule has 0 aliphatic heterocycles. The summed E-state index contributed by atoms with van der Waals surface area (Å²) in [6.07, 6.45) is 3.70. The Morgan fingerprint density at radius 2 is 1.94 bits per heavy atom. The molecule has 0 atom stereocenters. The zero-order chi connectivity index (χ0) is 11.8. The summed E-state index contributed by atoms with van der Waals surface area (Å²) in [4.78, 5) is 4.42. The zero-order valence-corrected chi connectivity index (χ0v) is 10.4. The summed E-state index contributed by atoms with van der Waals surface area (Å²) in [7, 11) is 0. The van der Waals surface area contributed by atoms with Crippen molar-refractivity contribution in [3.63, 3.8) is 0 Å². The van der Waals surface area contributed by atoms with Crippen LogP contribution in [0.5, 0.6) is 0 Å². The van der Waals surface area contributed by atoms with Crippen molar-refractivity contribution in [2.45, 2.75) is 0 Å². The van der Waals surface area contributed by atoms with Gasteiger partial charge >= 0.3 is 0 Å². The number of imidazole rings is 1. The first-order valence-electron chi connectivity index (χ1n) is 5.14. The smallest absolute Gasteiger partial charge is 0.151 e. The van der Waals surface area contributed by atoms with E-state index in [1.54, 1.807) is 18.2 Å². The molecular weight excluding hydrogens is 283 g/mol. The molecule has 3 rings (SSSR count). The molecule has 0 aliphatic rings. The number of hydrogen-bond acceptors (Lipinski definition) is 1. The number of nitrogens with zero attached hydrogens (tertiary/aromatic N) is 2. The van der Waals surface area contributed by atoms with Gasteiger partial charge in [0.25, 0.3) is 0 Å². The molecule has 17 heavy (non-hydrogen) atoms. The molecule has 1 aromatic carbocycles. The van der Waals surface area contributed by atoms with Crippen molar-refractivity contribution in [3.05, 3.63) is 59.1 Å². The van der Waals surface area contributed by atoms with Crippen molar-refractivity contribution in [2.24, 2.45) is 0 Å². The van der Waals surface area contributed by atoms with Crippen LogP contribution < -0.4 is 0 Å². The highest BCUT2D eigenvalue weighted by molar-refractivity contribution is 9.10. The molecule has 4 heteroatoms. The maximum Gasteiger partial charge on any atom is 0.151 e. The van der Waals surface area contributed by atoms with Crippen LogP contribution in [0.1, 0.15) is 0 Å². The highest BCUT2D eigenvalue weighted by atomic mass is 79.9. The van der Waals surface area contributed by atoms with Crippen molar-refractivity contribution in [1.82, 2.24) is 9.38 Å². The number of aromatic nitrogens is 2. The third-order valence-corrected chi connectivity index (χ3v) is 3.20. The highest BCUT2D eigenvalue weighted by Gasteiger charge is 2.09. The Labute approximate surface area is 106 Å². The molecule has 0 saturated carbocycles. The van der Waals surface area contributed by atoms with Crippen LogP contribution in [-0.2, 0) is 0 Å². The molecule has 0 unspecified atom stereocenters. The Balaban J connectivity index is 2.26. The number of halogens is 2. The number of fused-ring (bicyclic) bond motifs is 1. The van der Waals surface area contributed by atoms with Gasteiger partial charge < -0.3 is 4.40 Å². The van der Waals surface area contributed by atoms with Crippen LogP contribution in [0.3, 0.4) is 0 Å². The molecule has 0 N–H and O–H groups in total. The quantitative estimate of drug-likeness (QED) is 0.664. The van der Waals surface area contributed by atoms with Crippen molar-refractivity contribution in [2.75, 3.05) is 0 Å². The Bertz CT molecular complexity index is 691. The lowest BCUT2D eigenvalue weighted by Crippen LogP contribution is -1.82. The minimum absolute atomic E-state index is 0.257. The SMILES string of the molecule is Fc1ccccc1-c1cn2cccc(Br)c2n1. The average molecular weight is 291 g/mol. The zero-order valence-electron chi connectivity index (χ0n) is 8.77. The van der Waals surface area contributed by atoms with Gasteiger partial charge in [0.15, 0.2) is 5.65 Å². The topological polar surface area (TPSA) is 17.3 Å². The molecule has 0 aliphatic carbocycles. The molecule has 2 nitrogen and oxygen atoms in total. The van der Waals surface area contributed by atoms with Gasteiger partial charge in [0.1, 0.15) is 5.82 Å². The molecule has 0 amide bonds. The van der Waals surface area contributed by atoms with Gasteiger partial charge in [0.2, 0.25) is 0 Å². The van der Waals surface area contributed by atoms with Gasteiger partial charge in [-0.3, -0.25) is 0 Å². The molecule has 0 radical (unpaired) electrons. The molecule has 0 bridgehead atoms. The van der Waals surface area contributed by atoms with E-state index in [-0.39, 0.29) is 5.82 Å². The van der Waals surface area contributed by atoms with Crippen LogP contribution in [0.2, 0.25) is 0 Å². The summed E-state index contributed by atoms with van der Waals surface area (Å²) in [6, 6.07) is 10.5. The van der Waals surface area contributed by atoms with E-state index >= 15 is 0 Å². The van der Waals surface area contributed by atoms with Gasteiger partial charge in [-0.25, -0.2) is 9.37 Å². The van der Waals surface area contributed by atoms with E-state index in [1.165, 1.54) is 6.07 Å². The summed E-state index contributed by atoms with van der Waals surface area (Å²) in [5, 5.41) is 0. The van der Waals surface area contributed by atoms with Crippen LogP contribution in [0.15, 0.2) is 53.3 Å². The Morgan fingerprint density at radius 1 is 1.12 bits per heavy atom. The third-order valence-electron chi connectivity index (χ3n) is 2.58. The second-order valence-electron chi connectivity index (χ2n) is 3.69. The van der Waals surface area contributed by atoms with E-state index in [1.807, 2.05) is 28.9 Å². The van der Waals surface area contributed by atoms with E-state index in [9.17, 15) is 4.39 Å². The first-order valence-corrected chi connectivity index (χ1v) is 5.93. The van der Waals surface area contributed by atoms with Crippen LogP contribution in [0, 0.1) is 5.82 Å². The van der Waals surface area contributed by atoms with E-state index < -0.39 is 0 Å². The van der Waals surface area contributed by atoms with Crippen LogP contribution in [0.4, 0.5) is 4.39 Å². The molecule has 2 heterocycles. The standard InChI is InChI=1S/C13H8BrFN2/c14-10-5-3-7-17-8-12(16-13(10)17)9-4-1-2-6-11(9)15/h1-8H. The van der Waals surface area contributed by atoms with Crippen molar-refractivity contribution in [3.8, 4) is 11.3 Å². The summed E-state index contributed by atoms with van der Waals surface area (Å²) in [5.74, 6) is -0.257. The largest absolute Gasteiger partial charge is 0.306 e. The van der Waals surface area contributed by atoms with Crippen LogP contribution in [-0.4, -0.2) is 9.38 Å². The van der Waals surface area contributed by atoms with E-state index in [0.717, 1.165) is 10.1 Å². The van der Waals surface area contributed by atoms with E-state index in [2.05, 4.69) is 20.9 Å². The average Bonchev–Trinajstić information content (AvgIpc) is 2.75. The fourth-order valence-corrected chi connectivity index (χ4v) is 2.22. The van der Waals surface area contributed by atoms with Gasteiger partial charge in [-0.15, -0.1) is 0 Å². The van der Waals surface area contributed by atoms with Gasteiger partial charge in [0.05, 0.1) is 10.2 Å². The van der Waals surface area contributed by atoms with E-state index in [4.69, 9.17) is 0 Å². The molecule has 0 spiro atoms. The fraction of sp³-hybridized carbons (Fsp3) is 0. The summed E-state index contributed by atoms with van der Waals surface area (Å²) in [5.41, 5.74) is 1.93. The van der Waals surface area contributed by atoms with Gasteiger partial charge in [-0.2, -0.15) is 0 Å². The molecule has 0 fully saturated rings. The summed E-state index contributed by atoms with van der Waals surface area (Å²) >= 11 is 3.42. The summed E-state index contributed by atoms with van der Waals surface area (Å²) < 4.78 is 16.4. The predicted octanol–water partition coefficient (Wildman–Crippen LogP) is 3.90. The second kappa shape index (κ2) is 3.96. The minimum Gasteiger partial charge on any atom is -0.306 e. The Morgan fingerprint density at radius 3 is 2.71 bits per heavy atom. The first kappa shape index (κ1) is 10.5. The van der Waals surface area contributed by atoms with Gasteiger partial charge in [-0.1, -0.05) is 12.1 Å². The highest BCUT2D eigenvalue weighted by Crippen LogP contribution is 2.24. The predicted molar refractivity (Wildman–Crippen MR) is 68.3 cm³/mol. The molecular formula is C13H8BrFN2. The van der Waals surface area contributed by atoms with Gasteiger partial charge in [0, 0.05) is 18.0 Å². The molecule has 3 aromatic rings. The van der Waals surface area contributed by atoms with Crippen molar-refractivity contribution in [1.29, 1.82) is 0 Å². The Hall–Kier alpha value is -1.68. The minimum atomic E-state index is -0.257. The number of hydrogen-bond donors (Lipinski definition) is 0. The van der Waals surface area contributed by atoms with Crippen molar-refractivity contribution >= 4 is 21.6 Å². The lowest BCUT2D eigenvalue weighted by atomic mass is 10.1. The second-order valence-corrected chi connectivity index (χ2v) is 4.55. The van der Waals surface area contributed by atoms with Crippen LogP contribution >= 0.6 is 15.9 Å². The number of benzene rings is 1. The van der Waals surface area contributed by atoms with Crippen LogP contribution in [0.25, 0.3) is 16.9 Å². The lowest BCUT2D eigenvalue weighted by Gasteiger charge is -1.96. The molecule has 84 valence electrons. The van der Waals surface area contributed by atoms with E-state index in [0.29, 0.717) is 11.3 Å². The monoisotopic (exact) mass is 290 g/mol.